The molecule has 5 rings (SSSR count). The van der Waals surface area contributed by atoms with Gasteiger partial charge in [-0.05, 0) is 55.8 Å². The molecule has 1 aliphatic rings. The molecular weight excluding hydrogens is 418 g/mol. The van der Waals surface area contributed by atoms with E-state index in [0.29, 0.717) is 33.7 Å². The summed E-state index contributed by atoms with van der Waals surface area (Å²) in [4.78, 5) is 29.0. The van der Waals surface area contributed by atoms with Gasteiger partial charge < -0.3 is 13.9 Å². The van der Waals surface area contributed by atoms with Crippen LogP contribution < -0.4 is 19.8 Å². The van der Waals surface area contributed by atoms with Gasteiger partial charge in [0, 0.05) is 5.69 Å². The van der Waals surface area contributed by atoms with E-state index in [4.69, 9.17) is 13.9 Å². The van der Waals surface area contributed by atoms with Crippen molar-refractivity contribution in [2.45, 2.75) is 19.9 Å². The minimum atomic E-state index is -0.670. The lowest BCUT2D eigenvalue weighted by Gasteiger charge is -2.26. The van der Waals surface area contributed by atoms with E-state index in [1.165, 1.54) is 0 Å². The highest BCUT2D eigenvalue weighted by Gasteiger charge is 2.43. The lowest BCUT2D eigenvalue weighted by Crippen LogP contribution is -2.29. The summed E-state index contributed by atoms with van der Waals surface area (Å²) in [6.07, 6.45) is 0. The van der Waals surface area contributed by atoms with Gasteiger partial charge in [0.25, 0.3) is 5.91 Å². The molecule has 0 spiro atoms. The molecule has 0 saturated heterocycles. The molecule has 0 fully saturated rings. The summed E-state index contributed by atoms with van der Waals surface area (Å²) in [5, 5.41) is 0.456. The summed E-state index contributed by atoms with van der Waals surface area (Å²) >= 11 is 0. The van der Waals surface area contributed by atoms with E-state index in [1.807, 2.05) is 50.2 Å². The summed E-state index contributed by atoms with van der Waals surface area (Å²) in [6, 6.07) is 17.8. The second-order valence-electron chi connectivity index (χ2n) is 8.20. The molecule has 33 heavy (non-hydrogen) atoms. The maximum Gasteiger partial charge on any atom is 0.295 e. The standard InChI is InChI=1S/C27H23NO5/c1-15-5-9-18(10-6-15)28-24(17-8-12-21(31-3)22(14-17)32-4)23-25(29)19-13-16(2)7-11-20(19)33-26(23)27(28)30/h5-14,24H,1-4H3. The van der Waals surface area contributed by atoms with Gasteiger partial charge in [0.05, 0.1) is 31.2 Å². The maximum absolute atomic E-state index is 13.7. The zero-order valence-electron chi connectivity index (χ0n) is 18.8. The Balaban J connectivity index is 1.81. The van der Waals surface area contributed by atoms with Gasteiger partial charge in [0.2, 0.25) is 5.76 Å². The fourth-order valence-electron chi connectivity index (χ4n) is 4.40. The third-order valence-electron chi connectivity index (χ3n) is 6.06. The fraction of sp³-hybridized carbons (Fsp3) is 0.185. The molecule has 0 N–H and O–H groups in total. The number of amides is 1. The van der Waals surface area contributed by atoms with Crippen molar-refractivity contribution in [2.75, 3.05) is 19.1 Å². The van der Waals surface area contributed by atoms with Crippen molar-refractivity contribution >= 4 is 22.6 Å². The molecule has 166 valence electrons. The number of fused-ring (bicyclic) bond motifs is 2. The largest absolute Gasteiger partial charge is 0.493 e. The average molecular weight is 441 g/mol. The SMILES string of the molecule is COc1ccc(C2c3c(oc4ccc(C)cc4c3=O)C(=O)N2c2ccc(C)cc2)cc1OC. The minimum absolute atomic E-state index is 0.0664. The molecule has 1 unspecified atom stereocenters. The normalized spacial score (nSPS) is 15.1. The van der Waals surface area contributed by atoms with Crippen LogP contribution in [0.15, 0.2) is 69.9 Å². The van der Waals surface area contributed by atoms with E-state index in [1.54, 1.807) is 43.4 Å². The molecule has 1 atom stereocenters. The smallest absolute Gasteiger partial charge is 0.295 e. The van der Waals surface area contributed by atoms with E-state index in [2.05, 4.69) is 0 Å². The van der Waals surface area contributed by atoms with Crippen molar-refractivity contribution in [3.63, 3.8) is 0 Å². The first-order valence-corrected chi connectivity index (χ1v) is 10.6. The summed E-state index contributed by atoms with van der Waals surface area (Å²) in [5.74, 6) is 0.791. The number of nitrogens with zero attached hydrogens (tertiary/aromatic N) is 1. The van der Waals surface area contributed by atoms with Crippen molar-refractivity contribution in [2.24, 2.45) is 0 Å². The van der Waals surface area contributed by atoms with Crippen LogP contribution in [0.3, 0.4) is 0 Å². The molecule has 0 saturated carbocycles. The van der Waals surface area contributed by atoms with E-state index in [9.17, 15) is 9.59 Å². The number of aryl methyl sites for hydroxylation is 2. The number of ether oxygens (including phenoxy) is 2. The lowest BCUT2D eigenvalue weighted by molar-refractivity contribution is 0.0971. The number of rotatable bonds is 4. The van der Waals surface area contributed by atoms with E-state index < -0.39 is 6.04 Å². The van der Waals surface area contributed by atoms with Crippen molar-refractivity contribution in [3.8, 4) is 11.5 Å². The molecule has 0 aliphatic carbocycles. The molecule has 3 aromatic carbocycles. The van der Waals surface area contributed by atoms with Crippen LogP contribution >= 0.6 is 0 Å². The molecule has 2 heterocycles. The second-order valence-corrected chi connectivity index (χ2v) is 8.20. The predicted octanol–water partition coefficient (Wildman–Crippen LogP) is 5.18. The number of carbonyl (C=O) groups is 1. The van der Waals surface area contributed by atoms with Gasteiger partial charge in [0.1, 0.15) is 5.58 Å². The highest BCUT2D eigenvalue weighted by atomic mass is 16.5. The van der Waals surface area contributed by atoms with Crippen molar-refractivity contribution in [3.05, 3.63) is 98.9 Å². The van der Waals surface area contributed by atoms with Crippen molar-refractivity contribution < 1.29 is 18.7 Å². The molecule has 1 aromatic heterocycles. The van der Waals surface area contributed by atoms with Crippen LogP contribution in [-0.4, -0.2) is 20.1 Å². The van der Waals surface area contributed by atoms with Gasteiger partial charge in [-0.3, -0.25) is 14.5 Å². The first-order valence-electron chi connectivity index (χ1n) is 10.6. The van der Waals surface area contributed by atoms with Crippen LogP contribution in [0.2, 0.25) is 0 Å². The van der Waals surface area contributed by atoms with E-state index in [-0.39, 0.29) is 17.1 Å². The van der Waals surface area contributed by atoms with Crippen LogP contribution in [0.1, 0.15) is 38.9 Å². The molecule has 0 radical (unpaired) electrons. The molecule has 4 aromatic rings. The summed E-state index contributed by atoms with van der Waals surface area (Å²) in [6.45, 7) is 3.90. The first kappa shape index (κ1) is 20.8. The Labute approximate surface area is 191 Å². The van der Waals surface area contributed by atoms with Gasteiger partial charge in [-0.15, -0.1) is 0 Å². The minimum Gasteiger partial charge on any atom is -0.493 e. The van der Waals surface area contributed by atoms with Crippen LogP contribution in [0.5, 0.6) is 11.5 Å². The van der Waals surface area contributed by atoms with Gasteiger partial charge >= 0.3 is 0 Å². The summed E-state index contributed by atoms with van der Waals surface area (Å²) in [7, 11) is 3.12. The number of carbonyl (C=O) groups excluding carboxylic acids is 1. The summed E-state index contributed by atoms with van der Waals surface area (Å²) in [5.41, 5.74) is 3.92. The fourth-order valence-corrected chi connectivity index (χ4v) is 4.40. The van der Waals surface area contributed by atoms with Crippen LogP contribution in [0, 0.1) is 13.8 Å². The Morgan fingerprint density at radius 2 is 1.52 bits per heavy atom. The highest BCUT2D eigenvalue weighted by molar-refractivity contribution is 6.10. The number of hydrogen-bond donors (Lipinski definition) is 0. The quantitative estimate of drug-likeness (QED) is 0.437. The Bertz CT molecular complexity index is 1450. The maximum atomic E-state index is 13.7. The van der Waals surface area contributed by atoms with Crippen LogP contribution in [-0.2, 0) is 0 Å². The molecule has 6 nitrogen and oxygen atoms in total. The molecule has 0 bridgehead atoms. The van der Waals surface area contributed by atoms with Gasteiger partial charge in [-0.1, -0.05) is 35.4 Å². The molecule has 6 heteroatoms. The second kappa shape index (κ2) is 7.81. The zero-order chi connectivity index (χ0) is 23.3. The van der Waals surface area contributed by atoms with Crippen molar-refractivity contribution in [1.29, 1.82) is 0 Å². The average Bonchev–Trinajstić information content (AvgIpc) is 3.12. The Hall–Kier alpha value is -4.06. The van der Waals surface area contributed by atoms with Crippen LogP contribution in [0.25, 0.3) is 11.0 Å². The van der Waals surface area contributed by atoms with E-state index in [0.717, 1.165) is 16.7 Å². The van der Waals surface area contributed by atoms with Crippen molar-refractivity contribution in [1.82, 2.24) is 0 Å². The highest BCUT2D eigenvalue weighted by Crippen LogP contribution is 2.43. The molecule has 1 aliphatic heterocycles. The monoisotopic (exact) mass is 441 g/mol. The first-order chi connectivity index (χ1) is 15.9. The molecule has 1 amide bonds. The van der Waals surface area contributed by atoms with E-state index >= 15 is 0 Å². The molecular formula is C27H23NO5. The van der Waals surface area contributed by atoms with Crippen LogP contribution in [0.4, 0.5) is 5.69 Å². The van der Waals surface area contributed by atoms with Gasteiger partial charge in [0.15, 0.2) is 16.9 Å². The zero-order valence-corrected chi connectivity index (χ0v) is 18.8. The Kier molecular flexibility index (Phi) is 4.93. The third kappa shape index (κ3) is 3.26. The lowest BCUT2D eigenvalue weighted by atomic mass is 9.97. The number of methoxy groups -OCH3 is 2. The summed E-state index contributed by atoms with van der Waals surface area (Å²) < 4.78 is 16.9. The Morgan fingerprint density at radius 3 is 2.21 bits per heavy atom. The number of hydrogen-bond acceptors (Lipinski definition) is 5. The number of benzene rings is 3. The van der Waals surface area contributed by atoms with Gasteiger partial charge in [-0.2, -0.15) is 0 Å². The van der Waals surface area contributed by atoms with Gasteiger partial charge in [-0.25, -0.2) is 0 Å². The number of anilines is 1. The predicted molar refractivity (Wildman–Crippen MR) is 127 cm³/mol. The Morgan fingerprint density at radius 1 is 0.818 bits per heavy atom. The third-order valence-corrected chi connectivity index (χ3v) is 6.06. The topological polar surface area (TPSA) is 69.0 Å².